The lowest BCUT2D eigenvalue weighted by Gasteiger charge is -2.16. The second-order valence-electron chi connectivity index (χ2n) is 5.14. The number of rotatable bonds is 5. The summed E-state index contributed by atoms with van der Waals surface area (Å²) < 4.78 is 1.89. The van der Waals surface area contributed by atoms with Crippen LogP contribution in [-0.4, -0.2) is 14.8 Å². The predicted octanol–water partition coefficient (Wildman–Crippen LogP) is 1.74. The second-order valence-corrected chi connectivity index (χ2v) is 5.14. The molecule has 1 atom stereocenters. The summed E-state index contributed by atoms with van der Waals surface area (Å²) in [5, 5.41) is 4.45. The van der Waals surface area contributed by atoms with E-state index in [9.17, 15) is 0 Å². The van der Waals surface area contributed by atoms with E-state index in [0.29, 0.717) is 0 Å². The third kappa shape index (κ3) is 2.89. The van der Waals surface area contributed by atoms with E-state index < -0.39 is 0 Å². The zero-order chi connectivity index (χ0) is 14.7. The first kappa shape index (κ1) is 14.7. The van der Waals surface area contributed by atoms with Gasteiger partial charge in [0.1, 0.15) is 0 Å². The van der Waals surface area contributed by atoms with Gasteiger partial charge in [-0.25, -0.2) is 0 Å². The molecule has 0 aliphatic rings. The first-order chi connectivity index (χ1) is 9.56. The van der Waals surface area contributed by atoms with Crippen LogP contribution in [0.4, 0.5) is 0 Å². The number of nitrogens with two attached hydrogens (primary N) is 1. The molecule has 108 valence electrons. The molecule has 0 fully saturated rings. The smallest absolute Gasteiger partial charge is 0.0644 e. The molecule has 3 N–H and O–H groups in total. The molecule has 0 aliphatic carbocycles. The van der Waals surface area contributed by atoms with Crippen molar-refractivity contribution in [3.05, 3.63) is 46.5 Å². The van der Waals surface area contributed by atoms with E-state index in [0.717, 1.165) is 35.5 Å². The van der Waals surface area contributed by atoms with Gasteiger partial charge in [0.25, 0.3) is 0 Å². The van der Waals surface area contributed by atoms with Gasteiger partial charge in [0.05, 0.1) is 11.7 Å². The Morgan fingerprint density at radius 1 is 1.35 bits per heavy atom. The van der Waals surface area contributed by atoms with Crippen molar-refractivity contribution in [1.29, 1.82) is 0 Å². The van der Waals surface area contributed by atoms with Crippen molar-refractivity contribution in [2.75, 3.05) is 0 Å². The summed E-state index contributed by atoms with van der Waals surface area (Å²) in [6, 6.07) is 4.23. The van der Waals surface area contributed by atoms with Gasteiger partial charge in [0.15, 0.2) is 0 Å². The Labute approximate surface area is 120 Å². The molecule has 5 heteroatoms. The van der Waals surface area contributed by atoms with E-state index in [2.05, 4.69) is 41.5 Å². The zero-order valence-electron chi connectivity index (χ0n) is 12.6. The molecule has 20 heavy (non-hydrogen) atoms. The average Bonchev–Trinajstić information content (AvgIpc) is 2.71. The van der Waals surface area contributed by atoms with Crippen LogP contribution < -0.4 is 11.3 Å². The van der Waals surface area contributed by atoms with Crippen LogP contribution in [0.1, 0.15) is 41.2 Å². The zero-order valence-corrected chi connectivity index (χ0v) is 12.6. The number of aryl methyl sites for hydroxylation is 3. The van der Waals surface area contributed by atoms with Gasteiger partial charge in [-0.05, 0) is 31.9 Å². The van der Waals surface area contributed by atoms with Gasteiger partial charge in [-0.2, -0.15) is 5.10 Å². The SMILES string of the molecule is CCc1ccc(CC(NN)c2c(C)nn(C)c2C)nc1. The number of nitrogens with zero attached hydrogens (tertiary/aromatic N) is 3. The Morgan fingerprint density at radius 3 is 2.55 bits per heavy atom. The van der Waals surface area contributed by atoms with Gasteiger partial charge >= 0.3 is 0 Å². The minimum Gasteiger partial charge on any atom is -0.272 e. The van der Waals surface area contributed by atoms with Crippen molar-refractivity contribution in [1.82, 2.24) is 20.2 Å². The van der Waals surface area contributed by atoms with Crippen LogP contribution in [0.25, 0.3) is 0 Å². The van der Waals surface area contributed by atoms with E-state index in [4.69, 9.17) is 5.84 Å². The number of hydrogen-bond acceptors (Lipinski definition) is 4. The van der Waals surface area contributed by atoms with Crippen LogP contribution in [0.5, 0.6) is 0 Å². The molecule has 0 aliphatic heterocycles. The number of nitrogens with one attached hydrogen (secondary N) is 1. The maximum absolute atomic E-state index is 5.74. The first-order valence-corrected chi connectivity index (χ1v) is 6.96. The molecule has 0 radical (unpaired) electrons. The Morgan fingerprint density at radius 2 is 2.10 bits per heavy atom. The van der Waals surface area contributed by atoms with Crippen LogP contribution in [0, 0.1) is 13.8 Å². The lowest BCUT2D eigenvalue weighted by molar-refractivity contribution is 0.540. The molecule has 0 aromatic carbocycles. The van der Waals surface area contributed by atoms with Crippen molar-refractivity contribution >= 4 is 0 Å². The van der Waals surface area contributed by atoms with E-state index in [1.165, 1.54) is 5.56 Å². The maximum atomic E-state index is 5.74. The fourth-order valence-corrected chi connectivity index (χ4v) is 2.53. The number of aromatic nitrogens is 3. The molecule has 2 heterocycles. The molecule has 1 unspecified atom stereocenters. The summed E-state index contributed by atoms with van der Waals surface area (Å²) in [6.45, 7) is 6.21. The summed E-state index contributed by atoms with van der Waals surface area (Å²) in [5.74, 6) is 5.74. The molecule has 0 saturated carbocycles. The van der Waals surface area contributed by atoms with Crippen LogP contribution in [0.15, 0.2) is 18.3 Å². The Balaban J connectivity index is 2.24. The molecule has 5 nitrogen and oxygen atoms in total. The highest BCUT2D eigenvalue weighted by molar-refractivity contribution is 5.29. The van der Waals surface area contributed by atoms with Crippen molar-refractivity contribution < 1.29 is 0 Å². The number of pyridine rings is 1. The highest BCUT2D eigenvalue weighted by atomic mass is 15.3. The lowest BCUT2D eigenvalue weighted by atomic mass is 10.00. The van der Waals surface area contributed by atoms with Crippen LogP contribution in [0.3, 0.4) is 0 Å². The van der Waals surface area contributed by atoms with Gasteiger partial charge in [-0.3, -0.25) is 20.9 Å². The summed E-state index contributed by atoms with van der Waals surface area (Å²) in [5.41, 5.74) is 8.49. The Bertz CT molecular complexity index is 571. The van der Waals surface area contributed by atoms with Crippen molar-refractivity contribution in [3.63, 3.8) is 0 Å². The fraction of sp³-hybridized carbons (Fsp3) is 0.467. The van der Waals surface area contributed by atoms with Gasteiger partial charge in [0.2, 0.25) is 0 Å². The molecule has 0 saturated heterocycles. The average molecular weight is 273 g/mol. The normalized spacial score (nSPS) is 12.7. The van der Waals surface area contributed by atoms with E-state index in [1.54, 1.807) is 0 Å². The van der Waals surface area contributed by atoms with Crippen molar-refractivity contribution in [2.24, 2.45) is 12.9 Å². The van der Waals surface area contributed by atoms with Gasteiger partial charge < -0.3 is 0 Å². The molecule has 0 spiro atoms. The maximum Gasteiger partial charge on any atom is 0.0644 e. The lowest BCUT2D eigenvalue weighted by Crippen LogP contribution is -2.30. The molecule has 0 amide bonds. The highest BCUT2D eigenvalue weighted by Crippen LogP contribution is 2.23. The van der Waals surface area contributed by atoms with Gasteiger partial charge in [-0.1, -0.05) is 13.0 Å². The van der Waals surface area contributed by atoms with Crippen molar-refractivity contribution in [2.45, 2.75) is 39.7 Å². The first-order valence-electron chi connectivity index (χ1n) is 6.96. The van der Waals surface area contributed by atoms with E-state index >= 15 is 0 Å². The second kappa shape index (κ2) is 6.15. The third-order valence-electron chi connectivity index (χ3n) is 3.82. The third-order valence-corrected chi connectivity index (χ3v) is 3.82. The summed E-state index contributed by atoms with van der Waals surface area (Å²) >= 11 is 0. The Kier molecular flexibility index (Phi) is 4.52. The van der Waals surface area contributed by atoms with Crippen LogP contribution in [0.2, 0.25) is 0 Å². The topological polar surface area (TPSA) is 68.8 Å². The summed E-state index contributed by atoms with van der Waals surface area (Å²) in [7, 11) is 1.95. The van der Waals surface area contributed by atoms with Gasteiger partial charge in [0, 0.05) is 36.6 Å². The van der Waals surface area contributed by atoms with E-state index in [1.807, 2.05) is 24.9 Å². The fourth-order valence-electron chi connectivity index (χ4n) is 2.53. The standard InChI is InChI=1S/C15H23N5/c1-5-12-6-7-13(17-9-12)8-14(18-16)15-10(2)19-20(4)11(15)3/h6-7,9,14,18H,5,8,16H2,1-4H3. The van der Waals surface area contributed by atoms with Crippen LogP contribution >= 0.6 is 0 Å². The quantitative estimate of drug-likeness (QED) is 0.643. The van der Waals surface area contributed by atoms with E-state index in [-0.39, 0.29) is 6.04 Å². The van der Waals surface area contributed by atoms with Crippen LogP contribution in [-0.2, 0) is 19.9 Å². The minimum atomic E-state index is 0.0312. The van der Waals surface area contributed by atoms with Crippen molar-refractivity contribution in [3.8, 4) is 0 Å². The highest BCUT2D eigenvalue weighted by Gasteiger charge is 2.19. The molecular formula is C15H23N5. The molecule has 2 aromatic rings. The molecule has 2 rings (SSSR count). The molecule has 0 bridgehead atoms. The summed E-state index contributed by atoms with van der Waals surface area (Å²) in [4.78, 5) is 4.51. The minimum absolute atomic E-state index is 0.0312. The largest absolute Gasteiger partial charge is 0.272 e. The Hall–Kier alpha value is -1.72. The molecular weight excluding hydrogens is 250 g/mol. The number of hydrazine groups is 1. The number of hydrogen-bond donors (Lipinski definition) is 2. The predicted molar refractivity (Wildman–Crippen MR) is 80.1 cm³/mol. The molecule has 2 aromatic heterocycles. The monoisotopic (exact) mass is 273 g/mol. The van der Waals surface area contributed by atoms with Gasteiger partial charge in [-0.15, -0.1) is 0 Å². The summed E-state index contributed by atoms with van der Waals surface area (Å²) in [6.07, 6.45) is 3.70.